The monoisotopic (exact) mass is 512 g/mol. The predicted molar refractivity (Wildman–Crippen MR) is 155 cm³/mol. The van der Waals surface area contributed by atoms with Gasteiger partial charge in [0.25, 0.3) is 0 Å². The molecule has 0 fully saturated rings. The number of carbonyl (C=O) groups is 1. The number of hydrogen-bond donors (Lipinski definition) is 1. The average Bonchev–Trinajstić information content (AvgIpc) is 2.88. The molecular formula is C32H64O4. The highest BCUT2D eigenvalue weighted by Gasteiger charge is 2.13. The van der Waals surface area contributed by atoms with Gasteiger partial charge in [-0.15, -0.1) is 0 Å². The summed E-state index contributed by atoms with van der Waals surface area (Å²) in [6, 6.07) is 0. The van der Waals surface area contributed by atoms with Crippen molar-refractivity contribution in [2.75, 3.05) is 19.8 Å². The second-order valence-corrected chi connectivity index (χ2v) is 10.9. The average molecular weight is 513 g/mol. The van der Waals surface area contributed by atoms with Crippen LogP contribution in [0.1, 0.15) is 174 Å². The summed E-state index contributed by atoms with van der Waals surface area (Å²) in [6.07, 6.45) is 31.4. The molecule has 0 amide bonds. The first-order valence-corrected chi connectivity index (χ1v) is 16.1. The fourth-order valence-electron chi connectivity index (χ4n) is 4.74. The second-order valence-electron chi connectivity index (χ2n) is 10.9. The molecule has 216 valence electrons. The van der Waals surface area contributed by atoms with Crippen molar-refractivity contribution in [1.29, 1.82) is 0 Å². The van der Waals surface area contributed by atoms with Crippen molar-refractivity contribution in [2.24, 2.45) is 0 Å². The van der Waals surface area contributed by atoms with Gasteiger partial charge >= 0.3 is 5.97 Å². The summed E-state index contributed by atoms with van der Waals surface area (Å²) in [5.41, 5.74) is 0. The molecule has 4 heteroatoms. The van der Waals surface area contributed by atoms with Crippen LogP contribution in [0.25, 0.3) is 0 Å². The van der Waals surface area contributed by atoms with E-state index >= 15 is 0 Å². The molecule has 0 spiro atoms. The molecule has 1 N–H and O–H groups in total. The zero-order valence-corrected chi connectivity index (χ0v) is 24.5. The standard InChI is InChI=1S/C32H64O4/c1-3-5-7-9-11-13-14-15-16-17-18-19-20-22-24-26-28-35-30-31(29-33)36-32(34)27-25-23-21-12-10-8-6-4-2/h31,33H,3-30H2,1-2H3. The van der Waals surface area contributed by atoms with Crippen molar-refractivity contribution in [1.82, 2.24) is 0 Å². The molecule has 0 heterocycles. The van der Waals surface area contributed by atoms with Crippen LogP contribution in [-0.2, 0) is 14.3 Å². The van der Waals surface area contributed by atoms with Crippen LogP contribution >= 0.6 is 0 Å². The molecule has 0 rings (SSSR count). The van der Waals surface area contributed by atoms with Crippen molar-refractivity contribution in [2.45, 2.75) is 180 Å². The van der Waals surface area contributed by atoms with Crippen LogP contribution in [0.2, 0.25) is 0 Å². The number of hydrogen-bond acceptors (Lipinski definition) is 4. The molecule has 0 aromatic carbocycles. The number of rotatable bonds is 30. The lowest BCUT2D eigenvalue weighted by molar-refractivity contribution is -0.154. The minimum Gasteiger partial charge on any atom is -0.457 e. The third-order valence-corrected chi connectivity index (χ3v) is 7.18. The van der Waals surface area contributed by atoms with Crippen LogP contribution in [0, 0.1) is 0 Å². The van der Waals surface area contributed by atoms with Crippen molar-refractivity contribution < 1.29 is 19.4 Å². The van der Waals surface area contributed by atoms with Crippen LogP contribution in [0.4, 0.5) is 0 Å². The topological polar surface area (TPSA) is 55.8 Å². The molecule has 0 bridgehead atoms. The van der Waals surface area contributed by atoms with Gasteiger partial charge in [-0.3, -0.25) is 4.79 Å². The minimum atomic E-state index is -0.521. The van der Waals surface area contributed by atoms with Crippen molar-refractivity contribution in [3.63, 3.8) is 0 Å². The molecule has 36 heavy (non-hydrogen) atoms. The van der Waals surface area contributed by atoms with E-state index in [4.69, 9.17) is 9.47 Å². The van der Waals surface area contributed by atoms with E-state index in [1.807, 2.05) is 0 Å². The lowest BCUT2D eigenvalue weighted by Gasteiger charge is -2.16. The maximum atomic E-state index is 12.0. The summed E-state index contributed by atoms with van der Waals surface area (Å²) in [6.45, 7) is 5.34. The van der Waals surface area contributed by atoms with E-state index in [2.05, 4.69) is 13.8 Å². The molecule has 0 saturated heterocycles. The lowest BCUT2D eigenvalue weighted by atomic mass is 10.0. The first kappa shape index (κ1) is 35.4. The van der Waals surface area contributed by atoms with E-state index in [0.717, 1.165) is 19.3 Å². The number of aliphatic hydroxyl groups is 1. The van der Waals surface area contributed by atoms with Gasteiger partial charge in [0, 0.05) is 13.0 Å². The fourth-order valence-corrected chi connectivity index (χ4v) is 4.74. The lowest BCUT2D eigenvalue weighted by Crippen LogP contribution is -2.27. The largest absolute Gasteiger partial charge is 0.457 e. The Morgan fingerprint density at radius 2 is 0.917 bits per heavy atom. The summed E-state index contributed by atoms with van der Waals surface area (Å²) in [4.78, 5) is 12.0. The predicted octanol–water partition coefficient (Wildman–Crippen LogP) is 9.70. The smallest absolute Gasteiger partial charge is 0.306 e. The summed E-state index contributed by atoms with van der Waals surface area (Å²) < 4.78 is 11.0. The first-order chi connectivity index (χ1) is 17.7. The van der Waals surface area contributed by atoms with Crippen LogP contribution in [0.3, 0.4) is 0 Å². The third-order valence-electron chi connectivity index (χ3n) is 7.18. The summed E-state index contributed by atoms with van der Waals surface area (Å²) in [7, 11) is 0. The Hall–Kier alpha value is -0.610. The SMILES string of the molecule is CCCCCCCCCCCCCCCCCCOCC(CO)OC(=O)CCCCCCCCCC. The van der Waals surface area contributed by atoms with E-state index in [-0.39, 0.29) is 12.6 Å². The Bertz CT molecular complexity index is 426. The Morgan fingerprint density at radius 1 is 0.556 bits per heavy atom. The fraction of sp³-hybridized carbons (Fsp3) is 0.969. The molecular weight excluding hydrogens is 448 g/mol. The van der Waals surface area contributed by atoms with Gasteiger partial charge in [0.15, 0.2) is 0 Å². The number of unbranched alkanes of at least 4 members (excludes halogenated alkanes) is 22. The van der Waals surface area contributed by atoms with Gasteiger partial charge in [-0.1, -0.05) is 155 Å². The Kier molecular flexibility index (Phi) is 30.1. The summed E-state index contributed by atoms with van der Waals surface area (Å²) in [5.74, 6) is -0.203. The molecule has 0 aliphatic heterocycles. The summed E-state index contributed by atoms with van der Waals surface area (Å²) in [5, 5.41) is 9.47. The number of esters is 1. The second kappa shape index (κ2) is 30.6. The van der Waals surface area contributed by atoms with Gasteiger partial charge in [0.2, 0.25) is 0 Å². The Balaban J connectivity index is 3.36. The van der Waals surface area contributed by atoms with Gasteiger partial charge in [-0.05, 0) is 12.8 Å². The van der Waals surface area contributed by atoms with E-state index in [1.54, 1.807) is 0 Å². The minimum absolute atomic E-state index is 0.165. The maximum Gasteiger partial charge on any atom is 0.306 e. The van der Waals surface area contributed by atoms with E-state index in [1.165, 1.54) is 135 Å². The van der Waals surface area contributed by atoms with Gasteiger partial charge in [-0.2, -0.15) is 0 Å². The van der Waals surface area contributed by atoms with E-state index in [9.17, 15) is 9.90 Å². The highest BCUT2D eigenvalue weighted by atomic mass is 16.6. The molecule has 0 radical (unpaired) electrons. The van der Waals surface area contributed by atoms with Gasteiger partial charge < -0.3 is 14.6 Å². The van der Waals surface area contributed by atoms with Crippen molar-refractivity contribution in [3.8, 4) is 0 Å². The highest BCUT2D eigenvalue weighted by Crippen LogP contribution is 2.14. The number of ether oxygens (including phenoxy) is 2. The van der Waals surface area contributed by atoms with Crippen LogP contribution in [0.5, 0.6) is 0 Å². The molecule has 1 unspecified atom stereocenters. The van der Waals surface area contributed by atoms with Gasteiger partial charge in [-0.25, -0.2) is 0 Å². The molecule has 1 atom stereocenters. The molecule has 0 aromatic rings. The first-order valence-electron chi connectivity index (χ1n) is 16.1. The van der Waals surface area contributed by atoms with Crippen LogP contribution < -0.4 is 0 Å². The highest BCUT2D eigenvalue weighted by molar-refractivity contribution is 5.69. The van der Waals surface area contributed by atoms with Crippen LogP contribution in [-0.4, -0.2) is 37.0 Å². The van der Waals surface area contributed by atoms with Crippen molar-refractivity contribution in [3.05, 3.63) is 0 Å². The third kappa shape index (κ3) is 28.0. The number of carbonyl (C=O) groups excluding carboxylic acids is 1. The molecule has 0 aliphatic rings. The van der Waals surface area contributed by atoms with E-state index in [0.29, 0.717) is 19.6 Å². The maximum absolute atomic E-state index is 12.0. The molecule has 4 nitrogen and oxygen atoms in total. The van der Waals surface area contributed by atoms with Gasteiger partial charge in [0.1, 0.15) is 6.10 Å². The zero-order valence-electron chi connectivity index (χ0n) is 24.5. The Labute approximate surface area is 225 Å². The molecule has 0 aromatic heterocycles. The Morgan fingerprint density at radius 3 is 1.31 bits per heavy atom. The quantitative estimate of drug-likeness (QED) is 0.0768. The van der Waals surface area contributed by atoms with Crippen molar-refractivity contribution >= 4 is 5.97 Å². The zero-order chi connectivity index (χ0) is 26.4. The van der Waals surface area contributed by atoms with Gasteiger partial charge in [0.05, 0.1) is 13.2 Å². The normalized spacial score (nSPS) is 12.2. The number of aliphatic hydroxyl groups excluding tert-OH is 1. The molecule has 0 aliphatic carbocycles. The molecule has 0 saturated carbocycles. The summed E-state index contributed by atoms with van der Waals surface area (Å²) >= 11 is 0. The van der Waals surface area contributed by atoms with Crippen LogP contribution in [0.15, 0.2) is 0 Å². The van der Waals surface area contributed by atoms with E-state index < -0.39 is 6.10 Å².